The first kappa shape index (κ1) is 23.4. The van der Waals surface area contributed by atoms with Gasteiger partial charge in [-0.3, -0.25) is 14.6 Å². The molecule has 3 amide bonds. The summed E-state index contributed by atoms with van der Waals surface area (Å²) in [4.78, 5) is 36.0. The van der Waals surface area contributed by atoms with Crippen LogP contribution in [-0.4, -0.2) is 45.7 Å². The summed E-state index contributed by atoms with van der Waals surface area (Å²) in [7, 11) is 1.48. The maximum absolute atomic E-state index is 12.6. The standard InChI is InChI=1S/C19H23ClN8O2.C2H6/c1-10(21)24-17(16(20)22)23-6-13-8-27-7-12(11-3-4-11)5-14(18(27)25-13)28-9-15(29)26(2)19(28)30;1-2/h5,7-8,11,23H,3-4,6,9,22H2,1-2H3,(H2,21,24);1-2H3/b17-16-;. The molecule has 2 aromatic rings. The van der Waals surface area contributed by atoms with Crippen LogP contribution in [0, 0.1) is 0 Å². The fourth-order valence-corrected chi connectivity index (χ4v) is 3.50. The highest BCUT2D eigenvalue weighted by Crippen LogP contribution is 2.42. The van der Waals surface area contributed by atoms with Gasteiger partial charge in [0, 0.05) is 19.4 Å². The normalized spacial score (nSPS) is 17.5. The molecule has 172 valence electrons. The number of amidine groups is 1. The van der Waals surface area contributed by atoms with E-state index in [0.29, 0.717) is 35.3 Å². The number of halogens is 1. The lowest BCUT2D eigenvalue weighted by Crippen LogP contribution is -2.30. The van der Waals surface area contributed by atoms with Gasteiger partial charge in [0.1, 0.15) is 11.7 Å². The minimum Gasteiger partial charge on any atom is -0.387 e. The zero-order valence-electron chi connectivity index (χ0n) is 18.7. The molecule has 0 unspecified atom stereocenters. The summed E-state index contributed by atoms with van der Waals surface area (Å²) in [5.41, 5.74) is 14.3. The van der Waals surface area contributed by atoms with Gasteiger partial charge in [0.25, 0.3) is 0 Å². The van der Waals surface area contributed by atoms with Crippen LogP contribution in [-0.2, 0) is 11.3 Å². The smallest absolute Gasteiger partial charge is 0.331 e. The number of nitrogens with two attached hydrogens (primary N) is 2. The monoisotopic (exact) mass is 460 g/mol. The van der Waals surface area contributed by atoms with Crippen LogP contribution in [0.1, 0.15) is 50.8 Å². The van der Waals surface area contributed by atoms with Gasteiger partial charge < -0.3 is 21.2 Å². The highest BCUT2D eigenvalue weighted by Gasteiger charge is 2.36. The van der Waals surface area contributed by atoms with Crippen molar-refractivity contribution in [1.29, 1.82) is 0 Å². The number of imide groups is 1. The molecule has 10 nitrogen and oxygen atoms in total. The number of hydrogen-bond acceptors (Lipinski definition) is 6. The first-order chi connectivity index (χ1) is 15.2. The molecular formula is C21H29ClN8O2. The van der Waals surface area contributed by atoms with E-state index in [2.05, 4.69) is 15.3 Å². The Balaban J connectivity index is 0.00000141. The molecule has 2 aromatic heterocycles. The van der Waals surface area contributed by atoms with Gasteiger partial charge in [-0.15, -0.1) is 0 Å². The van der Waals surface area contributed by atoms with E-state index in [4.69, 9.17) is 23.1 Å². The van der Waals surface area contributed by atoms with Gasteiger partial charge in [-0.05, 0) is 37.3 Å². The van der Waals surface area contributed by atoms with E-state index < -0.39 is 0 Å². The van der Waals surface area contributed by atoms with E-state index >= 15 is 0 Å². The van der Waals surface area contributed by atoms with Crippen molar-refractivity contribution in [2.24, 2.45) is 16.5 Å². The summed E-state index contributed by atoms with van der Waals surface area (Å²) in [5.74, 6) is 0.796. The summed E-state index contributed by atoms with van der Waals surface area (Å²) in [6, 6.07) is 1.61. The SMILES string of the molecule is C/C(N)=N/C(NCc1cn2cc(C3CC3)cc(N3CC(=O)N(C)C3=O)c2n1)=C(\N)Cl.CC. The van der Waals surface area contributed by atoms with Crippen molar-refractivity contribution in [1.82, 2.24) is 19.6 Å². The number of carbonyl (C=O) groups is 2. The molecule has 11 heteroatoms. The molecule has 0 atom stereocenters. The molecule has 32 heavy (non-hydrogen) atoms. The molecule has 3 heterocycles. The van der Waals surface area contributed by atoms with Gasteiger partial charge in [0.2, 0.25) is 5.91 Å². The minimum atomic E-state index is -0.356. The Hall–Kier alpha value is -3.27. The number of imidazole rings is 1. The molecule has 0 bridgehead atoms. The van der Waals surface area contributed by atoms with Crippen LogP contribution >= 0.6 is 11.6 Å². The van der Waals surface area contributed by atoms with Gasteiger partial charge >= 0.3 is 6.03 Å². The van der Waals surface area contributed by atoms with Crippen molar-refractivity contribution < 1.29 is 9.59 Å². The number of pyridine rings is 1. The molecule has 2 aliphatic rings. The molecule has 1 aliphatic heterocycles. The van der Waals surface area contributed by atoms with Crippen LogP contribution in [0.2, 0.25) is 0 Å². The highest BCUT2D eigenvalue weighted by atomic mass is 35.5. The summed E-state index contributed by atoms with van der Waals surface area (Å²) in [5, 5.41) is 3.02. The molecule has 0 radical (unpaired) electrons. The topological polar surface area (TPSA) is 134 Å². The number of carbonyl (C=O) groups excluding carboxylic acids is 2. The lowest BCUT2D eigenvalue weighted by atomic mass is 10.1. The van der Waals surface area contributed by atoms with Gasteiger partial charge in [-0.25, -0.2) is 14.8 Å². The van der Waals surface area contributed by atoms with Gasteiger partial charge in [-0.1, -0.05) is 25.4 Å². The Bertz CT molecular complexity index is 1090. The number of nitrogens with zero attached hydrogens (tertiary/aromatic N) is 5. The van der Waals surface area contributed by atoms with E-state index in [0.717, 1.165) is 23.3 Å². The number of amides is 3. The average molecular weight is 461 g/mol. The first-order valence-corrected chi connectivity index (χ1v) is 10.9. The average Bonchev–Trinajstić information content (AvgIpc) is 3.48. The predicted molar refractivity (Wildman–Crippen MR) is 125 cm³/mol. The zero-order valence-corrected chi connectivity index (χ0v) is 19.5. The molecule has 2 fully saturated rings. The van der Waals surface area contributed by atoms with E-state index in [1.165, 1.54) is 11.9 Å². The van der Waals surface area contributed by atoms with Gasteiger partial charge in [0.05, 0.1) is 23.8 Å². The Labute approximate surface area is 191 Å². The number of nitrogens with one attached hydrogen (secondary N) is 1. The summed E-state index contributed by atoms with van der Waals surface area (Å²) in [6.45, 7) is 5.93. The van der Waals surface area contributed by atoms with Crippen LogP contribution in [0.5, 0.6) is 0 Å². The third-order valence-electron chi connectivity index (χ3n) is 5.08. The van der Waals surface area contributed by atoms with Crippen LogP contribution in [0.25, 0.3) is 5.65 Å². The Kier molecular flexibility index (Phi) is 6.93. The second-order valence-electron chi connectivity index (χ2n) is 7.52. The maximum Gasteiger partial charge on any atom is 0.331 e. The summed E-state index contributed by atoms with van der Waals surface area (Å²) < 4.78 is 1.89. The fourth-order valence-electron chi connectivity index (χ4n) is 3.39. The van der Waals surface area contributed by atoms with E-state index in [9.17, 15) is 9.59 Å². The molecule has 1 aliphatic carbocycles. The van der Waals surface area contributed by atoms with Crippen molar-refractivity contribution >= 4 is 40.7 Å². The number of urea groups is 1. The molecule has 1 saturated carbocycles. The number of likely N-dealkylation sites (N-methyl/N-ethyl adjacent to an activating group) is 1. The Morgan fingerprint density at radius 3 is 2.50 bits per heavy atom. The summed E-state index contributed by atoms with van der Waals surface area (Å²) in [6.07, 6.45) is 6.11. The van der Waals surface area contributed by atoms with Gasteiger partial charge in [0.15, 0.2) is 11.5 Å². The molecule has 0 spiro atoms. The molecule has 4 rings (SSSR count). The first-order valence-electron chi connectivity index (χ1n) is 10.5. The molecule has 1 saturated heterocycles. The molecular weight excluding hydrogens is 432 g/mol. The lowest BCUT2D eigenvalue weighted by molar-refractivity contribution is -0.123. The van der Waals surface area contributed by atoms with E-state index in [1.807, 2.05) is 36.7 Å². The third-order valence-corrected chi connectivity index (χ3v) is 5.26. The van der Waals surface area contributed by atoms with Crippen molar-refractivity contribution in [3.05, 3.63) is 40.7 Å². The van der Waals surface area contributed by atoms with Crippen LogP contribution in [0.4, 0.5) is 10.5 Å². The second kappa shape index (κ2) is 9.47. The third kappa shape index (κ3) is 4.80. The fraction of sp³-hybridized carbons (Fsp3) is 0.429. The quantitative estimate of drug-likeness (QED) is 0.262. The van der Waals surface area contributed by atoms with Crippen LogP contribution in [0.3, 0.4) is 0 Å². The minimum absolute atomic E-state index is 0.000282. The van der Waals surface area contributed by atoms with Crippen molar-refractivity contribution in [3.63, 3.8) is 0 Å². The number of hydrogen-bond donors (Lipinski definition) is 3. The number of anilines is 1. The van der Waals surface area contributed by atoms with Crippen LogP contribution < -0.4 is 21.7 Å². The Morgan fingerprint density at radius 2 is 1.97 bits per heavy atom. The van der Waals surface area contributed by atoms with Crippen molar-refractivity contribution in [2.45, 2.75) is 46.1 Å². The number of aromatic nitrogens is 2. The summed E-state index contributed by atoms with van der Waals surface area (Å²) >= 11 is 5.88. The van der Waals surface area contributed by atoms with E-state index in [1.54, 1.807) is 6.92 Å². The number of aliphatic imine (C=N–C) groups is 1. The Morgan fingerprint density at radius 1 is 1.28 bits per heavy atom. The van der Waals surface area contributed by atoms with Crippen molar-refractivity contribution in [3.8, 4) is 0 Å². The van der Waals surface area contributed by atoms with Crippen molar-refractivity contribution in [2.75, 3.05) is 18.5 Å². The lowest BCUT2D eigenvalue weighted by Gasteiger charge is -2.17. The zero-order chi connectivity index (χ0) is 23.6. The maximum atomic E-state index is 12.6. The largest absolute Gasteiger partial charge is 0.387 e. The second-order valence-corrected chi connectivity index (χ2v) is 7.93. The predicted octanol–water partition coefficient (Wildman–Crippen LogP) is 2.43. The highest BCUT2D eigenvalue weighted by molar-refractivity contribution is 6.29. The van der Waals surface area contributed by atoms with E-state index in [-0.39, 0.29) is 29.5 Å². The number of fused-ring (bicyclic) bond motifs is 1. The number of rotatable bonds is 6. The van der Waals surface area contributed by atoms with Crippen LogP contribution in [0.15, 0.2) is 34.4 Å². The molecule has 5 N–H and O–H groups in total. The molecule has 0 aromatic carbocycles. The van der Waals surface area contributed by atoms with Gasteiger partial charge in [-0.2, -0.15) is 0 Å².